The van der Waals surface area contributed by atoms with Crippen molar-refractivity contribution in [1.82, 2.24) is 4.98 Å². The van der Waals surface area contributed by atoms with Crippen LogP contribution in [0.2, 0.25) is 5.02 Å². The lowest BCUT2D eigenvalue weighted by Crippen LogP contribution is -2.29. The Kier molecular flexibility index (Phi) is 10.5. The molecule has 0 bridgehead atoms. The zero-order chi connectivity index (χ0) is 30.3. The lowest BCUT2D eigenvalue weighted by Gasteiger charge is -2.25. The lowest BCUT2D eigenvalue weighted by atomic mass is 9.80. The number of fused-ring (bicyclic) bond motifs is 1. The maximum Gasteiger partial charge on any atom is 0.313 e. The molecule has 0 aliphatic rings. The average Bonchev–Trinajstić information content (AvgIpc) is 2.95. The Morgan fingerprint density at radius 3 is 2.50 bits per heavy atom. The summed E-state index contributed by atoms with van der Waals surface area (Å²) >= 11 is 8.07. The van der Waals surface area contributed by atoms with Crippen LogP contribution in [-0.2, 0) is 16.6 Å². The van der Waals surface area contributed by atoms with Crippen LogP contribution in [-0.4, -0.2) is 32.5 Å². The molecule has 0 spiro atoms. The van der Waals surface area contributed by atoms with Gasteiger partial charge >= 0.3 is 5.97 Å². The first-order valence-corrected chi connectivity index (χ1v) is 15.9. The van der Waals surface area contributed by atoms with E-state index in [1.54, 1.807) is 13.8 Å². The molecule has 1 unspecified atom stereocenters. The van der Waals surface area contributed by atoms with Crippen molar-refractivity contribution in [2.75, 3.05) is 5.75 Å². The minimum Gasteiger partial charge on any atom is -0.481 e. The fourth-order valence-electron chi connectivity index (χ4n) is 5.07. The molecule has 0 aliphatic heterocycles. The van der Waals surface area contributed by atoms with Gasteiger partial charge in [-0.3, -0.25) is 4.79 Å². The molecule has 0 saturated heterocycles. The summed E-state index contributed by atoms with van der Waals surface area (Å²) in [5.41, 5.74) is 4.36. The smallest absolute Gasteiger partial charge is 0.313 e. The first-order valence-electron chi connectivity index (χ1n) is 14.4. The standard InChI is InChI=1S/C36H40ClNO3S/c1-35(2,41)21-8-22-42-33(20-16-26-10-5-6-12-31(26)36(3,4)34(39)40)28-11-7-9-25(23-28)13-18-30-19-15-27-14-17-29(37)24-32(27)38-30/h5-7,9-15,17-19,23-24,33,41H,8,16,20-22H2,1-4H3,(H,39,40). The topological polar surface area (TPSA) is 70.4 Å². The summed E-state index contributed by atoms with van der Waals surface area (Å²) < 4.78 is 0. The number of hydrogen-bond donors (Lipinski definition) is 2. The highest BCUT2D eigenvalue weighted by Gasteiger charge is 2.31. The van der Waals surface area contributed by atoms with Crippen LogP contribution in [0.4, 0.5) is 0 Å². The number of nitrogens with zero attached hydrogens (tertiary/aromatic N) is 1. The van der Waals surface area contributed by atoms with Crippen LogP contribution in [0.5, 0.6) is 0 Å². The monoisotopic (exact) mass is 601 g/mol. The molecular formula is C36H40ClNO3S. The normalized spacial score (nSPS) is 13.1. The Hall–Kier alpha value is -3.12. The van der Waals surface area contributed by atoms with Crippen LogP contribution in [0.25, 0.3) is 23.1 Å². The second-order valence-corrected chi connectivity index (χ2v) is 13.7. The van der Waals surface area contributed by atoms with Crippen LogP contribution >= 0.6 is 23.4 Å². The quantitative estimate of drug-likeness (QED) is 0.149. The fraction of sp³-hybridized carbons (Fsp3) is 0.333. The predicted octanol–water partition coefficient (Wildman–Crippen LogP) is 9.38. The second-order valence-electron chi connectivity index (χ2n) is 12.0. The summed E-state index contributed by atoms with van der Waals surface area (Å²) in [4.78, 5) is 16.8. The lowest BCUT2D eigenvalue weighted by molar-refractivity contribution is -0.142. The van der Waals surface area contributed by atoms with Crippen molar-refractivity contribution >= 4 is 52.4 Å². The Morgan fingerprint density at radius 2 is 1.74 bits per heavy atom. The van der Waals surface area contributed by atoms with Gasteiger partial charge in [-0.2, -0.15) is 11.8 Å². The van der Waals surface area contributed by atoms with Gasteiger partial charge in [0.2, 0.25) is 0 Å². The molecule has 0 fully saturated rings. The number of carboxylic acids is 1. The van der Waals surface area contributed by atoms with E-state index in [0.29, 0.717) is 5.02 Å². The van der Waals surface area contributed by atoms with Crippen molar-refractivity contribution in [1.29, 1.82) is 0 Å². The first kappa shape index (κ1) is 31.8. The van der Waals surface area contributed by atoms with E-state index in [1.807, 2.05) is 74.1 Å². The van der Waals surface area contributed by atoms with Gasteiger partial charge in [0.25, 0.3) is 0 Å². The third kappa shape index (κ3) is 8.70. The zero-order valence-corrected chi connectivity index (χ0v) is 26.4. The molecule has 0 aliphatic carbocycles. The Bertz CT molecular complexity index is 1560. The van der Waals surface area contributed by atoms with Gasteiger partial charge in [0.1, 0.15) is 0 Å². The third-order valence-electron chi connectivity index (χ3n) is 7.56. The molecule has 4 nitrogen and oxygen atoms in total. The number of carbonyl (C=O) groups is 1. The predicted molar refractivity (Wildman–Crippen MR) is 178 cm³/mol. The number of benzene rings is 3. The molecule has 2 N–H and O–H groups in total. The molecule has 1 aromatic heterocycles. The van der Waals surface area contributed by atoms with E-state index in [9.17, 15) is 15.0 Å². The Labute approximate surface area is 258 Å². The SMILES string of the molecule is CC(C)(O)CCCSC(CCc1ccccc1C(C)(C)C(=O)O)c1cccc(C=Cc2ccc3ccc(Cl)cc3n2)c1. The van der Waals surface area contributed by atoms with E-state index < -0.39 is 17.0 Å². The molecule has 4 rings (SSSR count). The highest BCUT2D eigenvalue weighted by atomic mass is 35.5. The van der Waals surface area contributed by atoms with Gasteiger partial charge in [-0.25, -0.2) is 4.98 Å². The summed E-state index contributed by atoms with van der Waals surface area (Å²) in [6, 6.07) is 26.3. The molecule has 220 valence electrons. The number of aryl methyl sites for hydroxylation is 1. The van der Waals surface area contributed by atoms with Crippen molar-refractivity contribution in [3.05, 3.63) is 112 Å². The van der Waals surface area contributed by atoms with E-state index in [4.69, 9.17) is 16.6 Å². The number of rotatable bonds is 13. The van der Waals surface area contributed by atoms with Crippen LogP contribution in [0.15, 0.2) is 78.9 Å². The summed E-state index contributed by atoms with van der Waals surface area (Å²) in [7, 11) is 0. The summed E-state index contributed by atoms with van der Waals surface area (Å²) in [5, 5.41) is 22.0. The van der Waals surface area contributed by atoms with Crippen molar-refractivity contribution in [3.8, 4) is 0 Å². The molecule has 42 heavy (non-hydrogen) atoms. The number of aliphatic carboxylic acids is 1. The zero-order valence-electron chi connectivity index (χ0n) is 24.8. The van der Waals surface area contributed by atoms with Crippen LogP contribution in [0, 0.1) is 0 Å². The third-order valence-corrected chi connectivity index (χ3v) is 9.23. The molecule has 0 amide bonds. The van der Waals surface area contributed by atoms with Gasteiger partial charge in [0, 0.05) is 15.7 Å². The number of thioether (sulfide) groups is 1. The maximum absolute atomic E-state index is 12.0. The molecule has 0 radical (unpaired) electrons. The molecule has 6 heteroatoms. The highest BCUT2D eigenvalue weighted by molar-refractivity contribution is 7.99. The van der Waals surface area contributed by atoms with Gasteiger partial charge in [-0.15, -0.1) is 0 Å². The van der Waals surface area contributed by atoms with Gasteiger partial charge in [-0.1, -0.05) is 78.3 Å². The highest BCUT2D eigenvalue weighted by Crippen LogP contribution is 2.37. The van der Waals surface area contributed by atoms with Crippen molar-refractivity contribution in [3.63, 3.8) is 0 Å². The molecule has 1 heterocycles. The largest absolute Gasteiger partial charge is 0.481 e. The summed E-state index contributed by atoms with van der Waals surface area (Å²) in [6.07, 6.45) is 7.43. The van der Waals surface area contributed by atoms with Crippen LogP contribution in [0.1, 0.15) is 80.2 Å². The molecular weight excluding hydrogens is 562 g/mol. The Balaban J connectivity index is 1.55. The first-order chi connectivity index (χ1) is 19.9. The van der Waals surface area contributed by atoms with Gasteiger partial charge in [-0.05, 0) is 106 Å². The summed E-state index contributed by atoms with van der Waals surface area (Å²) in [6.45, 7) is 7.24. The number of hydrogen-bond acceptors (Lipinski definition) is 4. The molecule has 4 aromatic rings. The van der Waals surface area contributed by atoms with Gasteiger partial charge in [0.15, 0.2) is 0 Å². The maximum atomic E-state index is 12.0. The van der Waals surface area contributed by atoms with Crippen LogP contribution in [0.3, 0.4) is 0 Å². The molecule has 3 aromatic carbocycles. The van der Waals surface area contributed by atoms with E-state index in [2.05, 4.69) is 42.5 Å². The minimum atomic E-state index is -0.960. The minimum absolute atomic E-state index is 0.224. The van der Waals surface area contributed by atoms with Crippen molar-refractivity contribution in [2.24, 2.45) is 0 Å². The fourth-order valence-corrected chi connectivity index (χ4v) is 6.46. The van der Waals surface area contributed by atoms with E-state index in [1.165, 1.54) is 5.56 Å². The van der Waals surface area contributed by atoms with Gasteiger partial charge < -0.3 is 10.2 Å². The molecule has 1 atom stereocenters. The van der Waals surface area contributed by atoms with Crippen molar-refractivity contribution < 1.29 is 15.0 Å². The molecule has 0 saturated carbocycles. The van der Waals surface area contributed by atoms with Gasteiger partial charge in [0.05, 0.1) is 22.2 Å². The second kappa shape index (κ2) is 13.9. The Morgan fingerprint density at radius 1 is 0.976 bits per heavy atom. The number of halogens is 1. The number of pyridine rings is 1. The number of carboxylic acid groups (broad SMARTS) is 1. The van der Waals surface area contributed by atoms with Crippen LogP contribution < -0.4 is 0 Å². The summed E-state index contributed by atoms with van der Waals surface area (Å²) in [5.74, 6) is 0.108. The van der Waals surface area contributed by atoms with E-state index in [0.717, 1.165) is 64.7 Å². The van der Waals surface area contributed by atoms with E-state index >= 15 is 0 Å². The van der Waals surface area contributed by atoms with E-state index in [-0.39, 0.29) is 5.25 Å². The average molecular weight is 602 g/mol. The number of aliphatic hydroxyl groups is 1. The van der Waals surface area contributed by atoms with Crippen molar-refractivity contribution in [2.45, 2.75) is 69.6 Å². The number of aromatic nitrogens is 1.